The van der Waals surface area contributed by atoms with Crippen molar-refractivity contribution in [2.75, 3.05) is 56.2 Å². The van der Waals surface area contributed by atoms with Crippen molar-refractivity contribution in [2.24, 2.45) is 0 Å². The summed E-state index contributed by atoms with van der Waals surface area (Å²) in [5.74, 6) is 0.791. The number of rotatable bonds is 8. The zero-order valence-electron chi connectivity index (χ0n) is 26.6. The highest BCUT2D eigenvalue weighted by molar-refractivity contribution is 5.97. The summed E-state index contributed by atoms with van der Waals surface area (Å²) in [7, 11) is 0. The number of fused-ring (bicyclic) bond motifs is 1. The van der Waals surface area contributed by atoms with Crippen LogP contribution in [0.1, 0.15) is 51.7 Å². The summed E-state index contributed by atoms with van der Waals surface area (Å²) < 4.78 is 25.4. The lowest BCUT2D eigenvalue weighted by Crippen LogP contribution is -2.65. The highest BCUT2D eigenvalue weighted by Gasteiger charge is 2.40. The van der Waals surface area contributed by atoms with Crippen LogP contribution in [0.5, 0.6) is 5.88 Å². The standard InChI is InChI=1S/C33H45FN6O5/c1-20-13-37(28(15-39(20)33(42)43)14-38-21(2)17-44-18-22(38)3)16-30(41)40-23(4)19-45-32-29(40)12-25(31(36-32)35-27-9-10-27)11-24-5-7-26(34)8-6-24/h5-8,12,20-23,27-28H,9-11,13-19H2,1-4H3,(H,35,36)(H,42,43)/t20-,21-,22-,23?,28+/m1/s1. The second-order valence-electron chi connectivity index (χ2n) is 13.3. The maximum Gasteiger partial charge on any atom is 0.407 e. The van der Waals surface area contributed by atoms with Gasteiger partial charge in [0.05, 0.1) is 25.8 Å². The molecule has 3 fully saturated rings. The Labute approximate surface area is 264 Å². The zero-order chi connectivity index (χ0) is 31.8. The molecule has 1 aromatic carbocycles. The topological polar surface area (TPSA) is 111 Å². The zero-order valence-corrected chi connectivity index (χ0v) is 26.6. The Balaban J connectivity index is 1.27. The van der Waals surface area contributed by atoms with Gasteiger partial charge in [0.15, 0.2) is 0 Å². The minimum absolute atomic E-state index is 0.0754. The molecule has 5 atom stereocenters. The average molecular weight is 625 g/mol. The molecule has 3 aliphatic heterocycles. The van der Waals surface area contributed by atoms with E-state index in [-0.39, 0.29) is 48.5 Å². The summed E-state index contributed by atoms with van der Waals surface area (Å²) in [4.78, 5) is 39.1. The third-order valence-corrected chi connectivity index (χ3v) is 9.51. The van der Waals surface area contributed by atoms with Crippen molar-refractivity contribution in [3.05, 3.63) is 47.3 Å². The molecule has 0 bridgehead atoms. The summed E-state index contributed by atoms with van der Waals surface area (Å²) in [5.41, 5.74) is 2.49. The van der Waals surface area contributed by atoms with Crippen LogP contribution in [-0.4, -0.2) is 119 Å². The van der Waals surface area contributed by atoms with Gasteiger partial charge in [-0.15, -0.1) is 0 Å². The highest BCUT2D eigenvalue weighted by Crippen LogP contribution is 2.38. The van der Waals surface area contributed by atoms with Gasteiger partial charge in [-0.2, -0.15) is 4.98 Å². The Morgan fingerprint density at radius 2 is 1.71 bits per heavy atom. The number of benzene rings is 1. The van der Waals surface area contributed by atoms with Gasteiger partial charge < -0.3 is 29.7 Å². The van der Waals surface area contributed by atoms with Crippen LogP contribution in [0.15, 0.2) is 30.3 Å². The van der Waals surface area contributed by atoms with Gasteiger partial charge in [-0.1, -0.05) is 12.1 Å². The SMILES string of the molecule is CC1COc2nc(NC3CC3)c(Cc3ccc(F)cc3)cc2N1C(=O)CN1C[C@@H](C)N(C(=O)O)C[C@@H]1CN1[C@H](C)COC[C@H]1C. The van der Waals surface area contributed by atoms with Gasteiger partial charge in [-0.05, 0) is 64.3 Å². The molecule has 244 valence electrons. The molecular weight excluding hydrogens is 579 g/mol. The number of carbonyl (C=O) groups is 2. The number of hydrogen-bond acceptors (Lipinski definition) is 8. The Hall–Kier alpha value is -3.48. The van der Waals surface area contributed by atoms with Gasteiger partial charge in [0.25, 0.3) is 0 Å². The quantitative estimate of drug-likeness (QED) is 0.455. The molecule has 1 unspecified atom stereocenters. The molecular formula is C33H45FN6O5. The lowest BCUT2D eigenvalue weighted by Gasteiger charge is -2.48. The number of pyridine rings is 1. The van der Waals surface area contributed by atoms with E-state index in [0.717, 1.165) is 29.8 Å². The van der Waals surface area contributed by atoms with Crippen LogP contribution in [-0.2, 0) is 16.0 Å². The predicted octanol–water partition coefficient (Wildman–Crippen LogP) is 3.66. The fourth-order valence-corrected chi connectivity index (χ4v) is 6.83. The van der Waals surface area contributed by atoms with Crippen LogP contribution in [0.4, 0.5) is 20.7 Å². The number of carboxylic acid groups (broad SMARTS) is 1. The van der Waals surface area contributed by atoms with E-state index in [1.54, 1.807) is 17.0 Å². The molecule has 2 aromatic rings. The van der Waals surface area contributed by atoms with Crippen molar-refractivity contribution in [1.29, 1.82) is 0 Å². The van der Waals surface area contributed by atoms with Crippen LogP contribution in [0.3, 0.4) is 0 Å². The largest absolute Gasteiger partial charge is 0.474 e. The number of morpholine rings is 1. The number of ether oxygens (including phenoxy) is 2. The van der Waals surface area contributed by atoms with Crippen molar-refractivity contribution in [3.8, 4) is 5.88 Å². The molecule has 0 spiro atoms. The lowest BCUT2D eigenvalue weighted by atomic mass is 10.0. The van der Waals surface area contributed by atoms with Crippen molar-refractivity contribution >= 4 is 23.5 Å². The second kappa shape index (κ2) is 13.1. The van der Waals surface area contributed by atoms with E-state index in [4.69, 9.17) is 14.5 Å². The normalized spacial score (nSPS) is 27.5. The number of nitrogens with zero attached hydrogens (tertiary/aromatic N) is 5. The molecule has 45 heavy (non-hydrogen) atoms. The maximum absolute atomic E-state index is 14.3. The Morgan fingerprint density at radius 1 is 1.00 bits per heavy atom. The summed E-state index contributed by atoms with van der Waals surface area (Å²) in [6, 6.07) is 8.57. The van der Waals surface area contributed by atoms with Gasteiger partial charge in [0.2, 0.25) is 11.8 Å². The van der Waals surface area contributed by atoms with E-state index in [9.17, 15) is 19.1 Å². The first-order valence-electron chi connectivity index (χ1n) is 16.1. The van der Waals surface area contributed by atoms with Crippen LogP contribution in [0.25, 0.3) is 0 Å². The molecule has 4 heterocycles. The first kappa shape index (κ1) is 31.5. The maximum atomic E-state index is 14.3. The second-order valence-corrected chi connectivity index (χ2v) is 13.3. The molecule has 2 N–H and O–H groups in total. The van der Waals surface area contributed by atoms with E-state index >= 15 is 0 Å². The van der Waals surface area contributed by atoms with Crippen molar-refractivity contribution in [3.63, 3.8) is 0 Å². The fraction of sp³-hybridized carbons (Fsp3) is 0.606. The summed E-state index contributed by atoms with van der Waals surface area (Å²) in [6.45, 7) is 11.3. The first-order valence-corrected chi connectivity index (χ1v) is 16.1. The Bertz CT molecular complexity index is 1380. The fourth-order valence-electron chi connectivity index (χ4n) is 6.83. The summed E-state index contributed by atoms with van der Waals surface area (Å²) in [5, 5.41) is 13.4. The summed E-state index contributed by atoms with van der Waals surface area (Å²) in [6.07, 6.45) is 1.74. The molecule has 1 saturated carbocycles. The van der Waals surface area contributed by atoms with Gasteiger partial charge in [0, 0.05) is 61.8 Å². The molecule has 0 radical (unpaired) electrons. The lowest BCUT2D eigenvalue weighted by molar-refractivity contribution is -0.122. The van der Waals surface area contributed by atoms with Gasteiger partial charge in [0.1, 0.15) is 23.9 Å². The summed E-state index contributed by atoms with van der Waals surface area (Å²) >= 11 is 0. The number of halogens is 1. The molecule has 4 aliphatic rings. The third-order valence-electron chi connectivity index (χ3n) is 9.51. The van der Waals surface area contributed by atoms with E-state index in [1.165, 1.54) is 17.0 Å². The van der Waals surface area contributed by atoms with E-state index in [2.05, 4.69) is 29.0 Å². The predicted molar refractivity (Wildman–Crippen MR) is 169 cm³/mol. The van der Waals surface area contributed by atoms with E-state index in [0.29, 0.717) is 63.5 Å². The number of amides is 2. The van der Waals surface area contributed by atoms with Crippen LogP contribution in [0, 0.1) is 5.82 Å². The number of aromatic nitrogens is 1. The van der Waals surface area contributed by atoms with E-state index < -0.39 is 6.09 Å². The van der Waals surface area contributed by atoms with Gasteiger partial charge in [-0.25, -0.2) is 9.18 Å². The molecule has 1 aromatic heterocycles. The minimum atomic E-state index is -0.937. The molecule has 6 rings (SSSR count). The number of piperazine rings is 1. The van der Waals surface area contributed by atoms with Crippen molar-refractivity contribution in [1.82, 2.24) is 19.7 Å². The molecule has 11 nitrogen and oxygen atoms in total. The number of nitrogens with one attached hydrogen (secondary N) is 1. The third kappa shape index (κ3) is 7.02. The number of carbonyl (C=O) groups excluding carboxylic acids is 1. The minimum Gasteiger partial charge on any atom is -0.474 e. The Kier molecular flexibility index (Phi) is 9.17. The smallest absolute Gasteiger partial charge is 0.407 e. The monoisotopic (exact) mass is 624 g/mol. The van der Waals surface area contributed by atoms with Crippen LogP contribution >= 0.6 is 0 Å². The van der Waals surface area contributed by atoms with Crippen molar-refractivity contribution in [2.45, 2.75) is 83.2 Å². The number of anilines is 2. The van der Waals surface area contributed by atoms with Crippen molar-refractivity contribution < 1.29 is 28.6 Å². The van der Waals surface area contributed by atoms with Gasteiger partial charge in [-0.3, -0.25) is 14.6 Å². The molecule has 2 saturated heterocycles. The average Bonchev–Trinajstić information content (AvgIpc) is 3.81. The Morgan fingerprint density at radius 3 is 2.38 bits per heavy atom. The molecule has 1 aliphatic carbocycles. The van der Waals surface area contributed by atoms with E-state index in [1.807, 2.05) is 19.9 Å². The molecule has 2 amide bonds. The highest BCUT2D eigenvalue weighted by atomic mass is 19.1. The van der Waals surface area contributed by atoms with Crippen LogP contribution < -0.4 is 15.0 Å². The number of hydrogen-bond donors (Lipinski definition) is 2. The van der Waals surface area contributed by atoms with Gasteiger partial charge >= 0.3 is 6.09 Å². The molecule has 12 heteroatoms. The van der Waals surface area contributed by atoms with Crippen LogP contribution in [0.2, 0.25) is 0 Å². The first-order chi connectivity index (χ1) is 21.6.